The van der Waals surface area contributed by atoms with Crippen molar-refractivity contribution in [3.05, 3.63) is 34.9 Å². The Morgan fingerprint density at radius 1 is 1.24 bits per heavy atom. The molecule has 25 heavy (non-hydrogen) atoms. The van der Waals surface area contributed by atoms with Crippen LogP contribution in [0.4, 0.5) is 8.78 Å². The van der Waals surface area contributed by atoms with Gasteiger partial charge in [-0.2, -0.15) is 0 Å². The highest BCUT2D eigenvalue weighted by Crippen LogP contribution is 2.31. The second-order valence-electron chi connectivity index (χ2n) is 6.56. The van der Waals surface area contributed by atoms with E-state index < -0.39 is 35.3 Å². The normalized spacial score (nSPS) is 26.1. The highest BCUT2D eigenvalue weighted by atomic mass is 19.1. The standard InChI is InChI=1S/C17H18F2N2O4/c18-12-3-8(7-20-10-5-9(6-10)17(24)25)4-13(19)15(12)11-1-2-14(22)21-16(11)23/h3-4,9-11,20H,1-2,5-7H2,(H,24,25)(H,21,22,23). The molecule has 1 aromatic rings. The number of hydrogen-bond donors (Lipinski definition) is 3. The molecule has 1 saturated heterocycles. The number of imide groups is 1. The van der Waals surface area contributed by atoms with Crippen LogP contribution in [-0.2, 0) is 20.9 Å². The third-order valence-corrected chi connectivity index (χ3v) is 4.81. The molecule has 6 nitrogen and oxygen atoms in total. The van der Waals surface area contributed by atoms with Gasteiger partial charge in [-0.05, 0) is 37.0 Å². The fourth-order valence-corrected chi connectivity index (χ4v) is 3.29. The van der Waals surface area contributed by atoms with E-state index in [2.05, 4.69) is 10.6 Å². The summed E-state index contributed by atoms with van der Waals surface area (Å²) in [5.41, 5.74) is 0.0631. The number of carboxylic acid groups (broad SMARTS) is 1. The summed E-state index contributed by atoms with van der Waals surface area (Å²) in [5, 5.41) is 14.0. The lowest BCUT2D eigenvalue weighted by atomic mass is 9.80. The number of halogens is 2. The Morgan fingerprint density at radius 3 is 2.44 bits per heavy atom. The summed E-state index contributed by atoms with van der Waals surface area (Å²) in [4.78, 5) is 33.7. The zero-order chi connectivity index (χ0) is 18.1. The van der Waals surface area contributed by atoms with Gasteiger partial charge in [0, 0.05) is 24.6 Å². The molecule has 1 heterocycles. The van der Waals surface area contributed by atoms with Gasteiger partial charge in [-0.3, -0.25) is 19.7 Å². The quantitative estimate of drug-likeness (QED) is 0.697. The number of aliphatic carboxylic acids is 1. The number of hydrogen-bond acceptors (Lipinski definition) is 4. The third-order valence-electron chi connectivity index (χ3n) is 4.81. The largest absolute Gasteiger partial charge is 0.481 e. The van der Waals surface area contributed by atoms with Crippen LogP contribution in [0.2, 0.25) is 0 Å². The molecule has 2 amide bonds. The molecule has 0 spiro atoms. The van der Waals surface area contributed by atoms with Crippen molar-refractivity contribution in [2.24, 2.45) is 5.92 Å². The van der Waals surface area contributed by atoms with E-state index in [1.165, 1.54) is 12.1 Å². The molecule has 1 saturated carbocycles. The van der Waals surface area contributed by atoms with Crippen LogP contribution < -0.4 is 10.6 Å². The molecule has 3 N–H and O–H groups in total. The number of nitrogens with one attached hydrogen (secondary N) is 2. The predicted molar refractivity (Wildman–Crippen MR) is 82.5 cm³/mol. The van der Waals surface area contributed by atoms with E-state index in [0.29, 0.717) is 18.4 Å². The Balaban J connectivity index is 1.65. The van der Waals surface area contributed by atoms with E-state index in [9.17, 15) is 23.2 Å². The second kappa shape index (κ2) is 6.87. The summed E-state index contributed by atoms with van der Waals surface area (Å²) in [6.07, 6.45) is 1.11. The van der Waals surface area contributed by atoms with E-state index in [1.807, 2.05) is 0 Å². The average Bonchev–Trinajstić information content (AvgIpc) is 2.46. The molecule has 0 bridgehead atoms. The Hall–Kier alpha value is -2.35. The summed E-state index contributed by atoms with van der Waals surface area (Å²) in [5.74, 6) is -4.96. The lowest BCUT2D eigenvalue weighted by Gasteiger charge is -2.33. The topological polar surface area (TPSA) is 95.5 Å². The molecule has 3 rings (SSSR count). The van der Waals surface area contributed by atoms with Crippen molar-refractivity contribution in [2.45, 2.75) is 44.2 Å². The fraction of sp³-hybridized carbons (Fsp3) is 0.471. The lowest BCUT2D eigenvalue weighted by molar-refractivity contribution is -0.145. The smallest absolute Gasteiger partial charge is 0.306 e. The van der Waals surface area contributed by atoms with Crippen molar-refractivity contribution >= 4 is 17.8 Å². The monoisotopic (exact) mass is 352 g/mol. The van der Waals surface area contributed by atoms with E-state index >= 15 is 0 Å². The molecule has 1 unspecified atom stereocenters. The highest BCUT2D eigenvalue weighted by molar-refractivity contribution is 6.00. The third kappa shape index (κ3) is 3.68. The first-order valence-corrected chi connectivity index (χ1v) is 8.13. The van der Waals surface area contributed by atoms with Gasteiger partial charge in [-0.1, -0.05) is 0 Å². The fourth-order valence-electron chi connectivity index (χ4n) is 3.29. The Bertz CT molecular complexity index is 708. The van der Waals surface area contributed by atoms with Crippen LogP contribution in [0.3, 0.4) is 0 Å². The first kappa shape index (κ1) is 17.5. The van der Waals surface area contributed by atoms with Gasteiger partial charge < -0.3 is 10.4 Å². The first-order chi connectivity index (χ1) is 11.8. The number of carboxylic acids is 1. The van der Waals surface area contributed by atoms with Crippen LogP contribution in [0.1, 0.15) is 42.7 Å². The van der Waals surface area contributed by atoms with Crippen molar-refractivity contribution in [1.82, 2.24) is 10.6 Å². The van der Waals surface area contributed by atoms with Gasteiger partial charge in [0.05, 0.1) is 11.8 Å². The highest BCUT2D eigenvalue weighted by Gasteiger charge is 2.34. The number of amides is 2. The molecule has 8 heteroatoms. The zero-order valence-corrected chi connectivity index (χ0v) is 13.4. The molecular weight excluding hydrogens is 334 g/mol. The predicted octanol–water partition coefficient (Wildman–Crippen LogP) is 1.44. The minimum absolute atomic E-state index is 0.0158. The van der Waals surface area contributed by atoms with E-state index in [-0.39, 0.29) is 36.9 Å². The van der Waals surface area contributed by atoms with Gasteiger partial charge in [-0.15, -0.1) is 0 Å². The lowest BCUT2D eigenvalue weighted by Crippen LogP contribution is -2.43. The average molecular weight is 352 g/mol. The number of rotatable bonds is 5. The van der Waals surface area contributed by atoms with Gasteiger partial charge in [0.25, 0.3) is 0 Å². The number of carbonyl (C=O) groups is 3. The second-order valence-corrected chi connectivity index (χ2v) is 6.56. The Morgan fingerprint density at radius 2 is 1.88 bits per heavy atom. The maximum atomic E-state index is 14.3. The molecule has 0 radical (unpaired) electrons. The SMILES string of the molecule is O=C1CCC(c2c(F)cc(CNC3CC(C(=O)O)C3)cc2F)C(=O)N1. The van der Waals surface area contributed by atoms with Gasteiger partial charge in [0.15, 0.2) is 0 Å². The van der Waals surface area contributed by atoms with Gasteiger partial charge in [0.1, 0.15) is 11.6 Å². The van der Waals surface area contributed by atoms with Crippen LogP contribution >= 0.6 is 0 Å². The van der Waals surface area contributed by atoms with Crippen molar-refractivity contribution in [3.63, 3.8) is 0 Å². The molecule has 1 aromatic carbocycles. The summed E-state index contributed by atoms with van der Waals surface area (Å²) < 4.78 is 28.7. The summed E-state index contributed by atoms with van der Waals surface area (Å²) in [6.45, 7) is 0.209. The molecule has 1 atom stereocenters. The molecule has 134 valence electrons. The maximum absolute atomic E-state index is 14.3. The number of benzene rings is 1. The molecule has 1 aliphatic carbocycles. The summed E-state index contributed by atoms with van der Waals surface area (Å²) in [7, 11) is 0. The van der Waals surface area contributed by atoms with Crippen molar-refractivity contribution in [3.8, 4) is 0 Å². The van der Waals surface area contributed by atoms with Crippen LogP contribution in [0.15, 0.2) is 12.1 Å². The van der Waals surface area contributed by atoms with Crippen LogP contribution in [-0.4, -0.2) is 28.9 Å². The first-order valence-electron chi connectivity index (χ1n) is 8.13. The van der Waals surface area contributed by atoms with E-state index in [0.717, 1.165) is 0 Å². The molecule has 0 aromatic heterocycles. The molecule has 2 aliphatic rings. The Kier molecular flexibility index (Phi) is 4.80. The molecular formula is C17H18F2N2O4. The zero-order valence-electron chi connectivity index (χ0n) is 13.4. The van der Waals surface area contributed by atoms with Crippen molar-refractivity contribution < 1.29 is 28.3 Å². The minimum Gasteiger partial charge on any atom is -0.481 e. The number of piperidine rings is 1. The molecule has 2 fully saturated rings. The van der Waals surface area contributed by atoms with Crippen molar-refractivity contribution in [1.29, 1.82) is 0 Å². The van der Waals surface area contributed by atoms with E-state index in [4.69, 9.17) is 5.11 Å². The molecule has 1 aliphatic heterocycles. The maximum Gasteiger partial charge on any atom is 0.306 e. The minimum atomic E-state index is -1.01. The van der Waals surface area contributed by atoms with E-state index in [1.54, 1.807) is 0 Å². The number of carbonyl (C=O) groups excluding carboxylic acids is 2. The summed E-state index contributed by atoms with van der Waals surface area (Å²) in [6, 6.07) is 2.35. The van der Waals surface area contributed by atoms with Crippen LogP contribution in [0, 0.1) is 17.6 Å². The van der Waals surface area contributed by atoms with Crippen molar-refractivity contribution in [2.75, 3.05) is 0 Å². The van der Waals surface area contributed by atoms with Crippen LogP contribution in [0.5, 0.6) is 0 Å². The Labute approximate surface area is 142 Å². The van der Waals surface area contributed by atoms with Gasteiger partial charge in [0.2, 0.25) is 11.8 Å². The van der Waals surface area contributed by atoms with Gasteiger partial charge in [-0.25, -0.2) is 8.78 Å². The van der Waals surface area contributed by atoms with Crippen LogP contribution in [0.25, 0.3) is 0 Å². The van der Waals surface area contributed by atoms with Gasteiger partial charge >= 0.3 is 5.97 Å². The summed E-state index contributed by atoms with van der Waals surface area (Å²) >= 11 is 0.